The molecule has 12 heavy (non-hydrogen) atoms. The molecule has 0 aromatic carbocycles. The van der Waals surface area contributed by atoms with E-state index >= 15 is 0 Å². The Morgan fingerprint density at radius 2 is 1.83 bits per heavy atom. The molecule has 1 heteroatoms. The first-order chi connectivity index (χ1) is 5.81. The summed E-state index contributed by atoms with van der Waals surface area (Å²) in [5, 5.41) is 0. The molecule has 0 nitrogen and oxygen atoms in total. The number of rotatable bonds is 2. The molecule has 2 fully saturated rings. The molecule has 0 aromatic rings. The second-order valence-electron chi connectivity index (χ2n) is 4.83. The third kappa shape index (κ3) is 1.79. The lowest BCUT2D eigenvalue weighted by atomic mass is 9.80. The zero-order valence-corrected chi connectivity index (χ0v) is 8.69. The fourth-order valence-corrected chi connectivity index (χ4v) is 3.09. The van der Waals surface area contributed by atoms with Crippen LogP contribution in [-0.4, -0.2) is 5.88 Å². The number of alkyl halides is 1. The highest BCUT2D eigenvalue weighted by atomic mass is 35.5. The zero-order chi connectivity index (χ0) is 8.55. The Balaban J connectivity index is 1.76. The van der Waals surface area contributed by atoms with Gasteiger partial charge in [0.05, 0.1) is 0 Å². The summed E-state index contributed by atoms with van der Waals surface area (Å²) in [5.41, 5.74) is 0. The van der Waals surface area contributed by atoms with Gasteiger partial charge in [0.1, 0.15) is 0 Å². The van der Waals surface area contributed by atoms with E-state index in [9.17, 15) is 0 Å². The van der Waals surface area contributed by atoms with Gasteiger partial charge in [0.15, 0.2) is 0 Å². The number of hydrogen-bond donors (Lipinski definition) is 0. The van der Waals surface area contributed by atoms with Gasteiger partial charge in [0.25, 0.3) is 0 Å². The van der Waals surface area contributed by atoms with Crippen LogP contribution >= 0.6 is 11.6 Å². The minimum atomic E-state index is 0.894. The Morgan fingerprint density at radius 1 is 1.17 bits per heavy atom. The largest absolute Gasteiger partial charge is 0.126 e. The van der Waals surface area contributed by atoms with E-state index in [-0.39, 0.29) is 0 Å². The van der Waals surface area contributed by atoms with E-state index in [4.69, 9.17) is 11.6 Å². The summed E-state index contributed by atoms with van der Waals surface area (Å²) in [6.07, 6.45) is 7.34. The van der Waals surface area contributed by atoms with Crippen molar-refractivity contribution in [2.45, 2.75) is 39.0 Å². The van der Waals surface area contributed by atoms with E-state index in [1.165, 1.54) is 32.1 Å². The quantitative estimate of drug-likeness (QED) is 0.578. The van der Waals surface area contributed by atoms with Gasteiger partial charge in [-0.15, -0.1) is 11.6 Å². The maximum Gasteiger partial charge on any atom is 0.0254 e. The van der Waals surface area contributed by atoms with Crippen LogP contribution in [0.25, 0.3) is 0 Å². The Morgan fingerprint density at radius 3 is 2.33 bits per heavy atom. The Hall–Kier alpha value is 0.290. The summed E-state index contributed by atoms with van der Waals surface area (Å²) < 4.78 is 0. The van der Waals surface area contributed by atoms with E-state index in [2.05, 4.69) is 6.92 Å². The highest BCUT2D eigenvalue weighted by molar-refractivity contribution is 6.18. The first-order valence-corrected chi connectivity index (χ1v) is 5.90. The lowest BCUT2D eigenvalue weighted by Gasteiger charge is -2.26. The lowest BCUT2D eigenvalue weighted by molar-refractivity contribution is 0.259. The van der Waals surface area contributed by atoms with E-state index in [0.29, 0.717) is 0 Å². The van der Waals surface area contributed by atoms with Crippen LogP contribution in [0.4, 0.5) is 0 Å². The monoisotopic (exact) mass is 186 g/mol. The van der Waals surface area contributed by atoms with Gasteiger partial charge in [0.2, 0.25) is 0 Å². The molecule has 70 valence electrons. The fraction of sp³-hybridized carbons (Fsp3) is 1.00. The minimum Gasteiger partial charge on any atom is -0.126 e. The van der Waals surface area contributed by atoms with Crippen molar-refractivity contribution in [1.29, 1.82) is 0 Å². The molecule has 0 saturated heterocycles. The predicted molar refractivity (Wildman–Crippen MR) is 53.4 cm³/mol. The fourth-order valence-electron chi connectivity index (χ4n) is 2.74. The van der Waals surface area contributed by atoms with Gasteiger partial charge < -0.3 is 0 Å². The maximum absolute atomic E-state index is 5.84. The average Bonchev–Trinajstić information content (AvgIpc) is 2.85. The molecule has 2 atom stereocenters. The summed E-state index contributed by atoms with van der Waals surface area (Å²) in [5.74, 6) is 4.87. The standard InChI is InChI=1S/C11H19Cl/c1-8-2-4-9(5-3-8)11-6-10(11)7-12/h8-11H,2-7H2,1H3. The molecule has 0 amide bonds. The van der Waals surface area contributed by atoms with Gasteiger partial charge in [-0.1, -0.05) is 19.8 Å². The first-order valence-electron chi connectivity index (χ1n) is 5.37. The lowest BCUT2D eigenvalue weighted by Crippen LogP contribution is -2.14. The molecule has 0 aromatic heterocycles. The van der Waals surface area contributed by atoms with Gasteiger partial charge in [-0.25, -0.2) is 0 Å². The number of hydrogen-bond acceptors (Lipinski definition) is 0. The Kier molecular flexibility index (Phi) is 2.64. The molecule has 2 unspecified atom stereocenters. The van der Waals surface area contributed by atoms with Gasteiger partial charge in [-0.05, 0) is 42.9 Å². The van der Waals surface area contributed by atoms with Crippen LogP contribution in [0.2, 0.25) is 0 Å². The van der Waals surface area contributed by atoms with Gasteiger partial charge >= 0.3 is 0 Å². The molecule has 2 saturated carbocycles. The van der Waals surface area contributed by atoms with Crippen LogP contribution in [-0.2, 0) is 0 Å². The summed E-state index contributed by atoms with van der Waals surface area (Å²) >= 11 is 5.84. The first kappa shape index (κ1) is 8.87. The minimum absolute atomic E-state index is 0.894. The summed E-state index contributed by atoms with van der Waals surface area (Å²) in [6, 6.07) is 0. The molecular formula is C11H19Cl. The van der Waals surface area contributed by atoms with Crippen molar-refractivity contribution in [2.24, 2.45) is 23.7 Å². The maximum atomic E-state index is 5.84. The smallest absolute Gasteiger partial charge is 0.0254 e. The SMILES string of the molecule is CC1CCC(C2CC2CCl)CC1. The second kappa shape index (κ2) is 3.57. The second-order valence-corrected chi connectivity index (χ2v) is 5.14. The third-order valence-electron chi connectivity index (χ3n) is 3.84. The van der Waals surface area contributed by atoms with E-state index in [0.717, 1.165) is 29.6 Å². The molecule has 0 aliphatic heterocycles. The van der Waals surface area contributed by atoms with Crippen LogP contribution in [0.3, 0.4) is 0 Å². The van der Waals surface area contributed by atoms with Crippen molar-refractivity contribution in [2.75, 3.05) is 5.88 Å². The van der Waals surface area contributed by atoms with Crippen molar-refractivity contribution in [3.8, 4) is 0 Å². The average molecular weight is 187 g/mol. The van der Waals surface area contributed by atoms with Crippen LogP contribution in [0, 0.1) is 23.7 Å². The topological polar surface area (TPSA) is 0 Å². The molecule has 0 N–H and O–H groups in total. The van der Waals surface area contributed by atoms with Crippen LogP contribution in [0.1, 0.15) is 39.0 Å². The molecule has 2 rings (SSSR count). The summed E-state index contributed by atoms with van der Waals surface area (Å²) in [4.78, 5) is 0. The molecule has 0 spiro atoms. The van der Waals surface area contributed by atoms with Crippen LogP contribution in [0.5, 0.6) is 0 Å². The van der Waals surface area contributed by atoms with E-state index in [1.807, 2.05) is 0 Å². The predicted octanol–water partition coefficient (Wildman–Crippen LogP) is 3.69. The van der Waals surface area contributed by atoms with Crippen LogP contribution < -0.4 is 0 Å². The van der Waals surface area contributed by atoms with E-state index < -0.39 is 0 Å². The molecular weight excluding hydrogens is 168 g/mol. The zero-order valence-electron chi connectivity index (χ0n) is 7.93. The van der Waals surface area contributed by atoms with Crippen molar-refractivity contribution >= 4 is 11.6 Å². The normalized spacial score (nSPS) is 47.5. The van der Waals surface area contributed by atoms with E-state index in [1.54, 1.807) is 0 Å². The van der Waals surface area contributed by atoms with Crippen molar-refractivity contribution in [3.05, 3.63) is 0 Å². The van der Waals surface area contributed by atoms with Gasteiger partial charge in [0, 0.05) is 5.88 Å². The number of halogens is 1. The van der Waals surface area contributed by atoms with Crippen molar-refractivity contribution < 1.29 is 0 Å². The summed E-state index contributed by atoms with van der Waals surface area (Å²) in [6.45, 7) is 2.39. The molecule has 2 aliphatic carbocycles. The molecule has 0 heterocycles. The van der Waals surface area contributed by atoms with Crippen molar-refractivity contribution in [3.63, 3.8) is 0 Å². The Labute approximate surface area is 80.7 Å². The third-order valence-corrected chi connectivity index (χ3v) is 4.24. The highest BCUT2D eigenvalue weighted by Crippen LogP contribution is 2.50. The molecule has 0 radical (unpaired) electrons. The molecule has 2 aliphatic rings. The highest BCUT2D eigenvalue weighted by Gasteiger charge is 2.42. The van der Waals surface area contributed by atoms with Gasteiger partial charge in [-0.3, -0.25) is 0 Å². The van der Waals surface area contributed by atoms with Crippen LogP contribution in [0.15, 0.2) is 0 Å². The Bertz CT molecular complexity index is 147. The summed E-state index contributed by atoms with van der Waals surface area (Å²) in [7, 11) is 0. The molecule has 0 bridgehead atoms. The van der Waals surface area contributed by atoms with Crippen molar-refractivity contribution in [1.82, 2.24) is 0 Å². The van der Waals surface area contributed by atoms with Gasteiger partial charge in [-0.2, -0.15) is 0 Å².